The number of halogens is 16. The molecule has 22 nitrogen and oxygen atoms in total. The van der Waals surface area contributed by atoms with Gasteiger partial charge in [0.25, 0.3) is 11.8 Å². The van der Waals surface area contributed by atoms with E-state index in [4.69, 9.17) is 78.0 Å². The van der Waals surface area contributed by atoms with E-state index in [0.29, 0.717) is 56.7 Å². The number of nitrogens with two attached hydrogens (primary N) is 3. The summed E-state index contributed by atoms with van der Waals surface area (Å²) in [7, 11) is 0.975. The van der Waals surface area contributed by atoms with Gasteiger partial charge < -0.3 is 61.2 Å². The van der Waals surface area contributed by atoms with Crippen molar-refractivity contribution in [1.29, 1.82) is 0 Å². The first-order valence-electron chi connectivity index (χ1n) is 30.9. The van der Waals surface area contributed by atoms with Crippen molar-refractivity contribution in [2.45, 2.75) is 77.6 Å². The number of nitrogen functional groups attached to an aromatic ring is 2. The highest BCUT2D eigenvalue weighted by atomic mass is 79.9. The van der Waals surface area contributed by atoms with Crippen LogP contribution in [0.2, 0.25) is 20.6 Å². The number of carboxylic acids is 1. The molecule has 1 aliphatic heterocycles. The molecule has 0 bridgehead atoms. The van der Waals surface area contributed by atoms with Crippen LogP contribution in [0.1, 0.15) is 85.8 Å². The molecular formula is C69H56BBr3Cl4F9N11O11S2. The third-order valence-electron chi connectivity index (χ3n) is 14.6. The molecule has 0 unspecified atom stereocenters. The fourth-order valence-corrected chi connectivity index (χ4v) is 12.0. The molecule has 0 radical (unpaired) electrons. The number of hydrogen-bond acceptors (Lipinski definition) is 21. The van der Waals surface area contributed by atoms with E-state index >= 15 is 0 Å². The molecule has 41 heteroatoms. The molecule has 2 amide bonds. The highest BCUT2D eigenvalue weighted by molar-refractivity contribution is 9.11. The van der Waals surface area contributed by atoms with Crippen LogP contribution in [0.3, 0.4) is 0 Å². The second kappa shape index (κ2) is 39.0. The molecule has 5 aromatic carbocycles. The third kappa shape index (κ3) is 27.3. The Morgan fingerprint density at radius 1 is 0.527 bits per heavy atom. The Hall–Kier alpha value is -8.73. The second-order valence-electron chi connectivity index (χ2n) is 23.1. The Morgan fingerprint density at radius 2 is 0.909 bits per heavy atom. The molecular weight excluding hydrogens is 1790 g/mol. The zero-order valence-corrected chi connectivity index (χ0v) is 66.4. The number of nitrogens with zero attached hydrogens (tertiary/aromatic N) is 6. The van der Waals surface area contributed by atoms with Gasteiger partial charge in [0.05, 0.1) is 74.4 Å². The second-order valence-corrected chi connectivity index (χ2v) is 29.2. The monoisotopic (exact) mass is 1840 g/mol. The van der Waals surface area contributed by atoms with Crippen LogP contribution in [-0.4, -0.2) is 103 Å². The van der Waals surface area contributed by atoms with Gasteiger partial charge in [0.15, 0.2) is 10.3 Å². The molecule has 0 saturated carbocycles. The number of fused-ring (bicyclic) bond motifs is 2. The van der Waals surface area contributed by atoms with Crippen LogP contribution >= 0.6 is 117 Å². The number of rotatable bonds is 14. The first kappa shape index (κ1) is 88.5. The Bertz CT molecular complexity index is 5090. The standard InChI is InChI=1S/C21H14ClF3N4O2S.C14H9BrClF3N2O2.C13H17BN2O2S.C8H8F3NO.C7H5BrClNO2.C6H3BrClNO2/c22-18-15(12-4-5-16-17(8-12)32-20(26)29-16)7-13(10-27-18)19(30)28-9-11-2-1-3-14(6-11)31-21(23,24)25;15-11-5-9(7-20-12(11)16)13(22)21-6-8-2-1-3-10(4-8)23-14(17,18)19;1-12(2)13(3,4)18-14(17-12)8-5-6-9-10(7-8)19-11(15)16-9;9-8(10,11)13-7-3-1-2-6(4-7)5-12;1-12-7(11)4-2-5(8)6(9)10-3-4;7-4-1-3(6(10)11)2-9-5(4)8/h1-8,10H,9H2,(H2,26,29)(H,28,30);1-5,7H,6H2,(H,21,22);5-7H,1-4H3,(H2,15,16);1-4H,5,12H2;2-3H,1H3;1-2H,(H,10,11). The summed E-state index contributed by atoms with van der Waals surface area (Å²) in [6.07, 6.45) is -9.01. The van der Waals surface area contributed by atoms with Gasteiger partial charge >= 0.3 is 38.1 Å². The number of benzene rings is 5. The number of anilines is 2. The van der Waals surface area contributed by atoms with E-state index in [-0.39, 0.29) is 87.4 Å². The van der Waals surface area contributed by atoms with Crippen molar-refractivity contribution >= 4 is 184 Å². The molecule has 1 saturated heterocycles. The largest absolute Gasteiger partial charge is 0.573 e. The molecule has 9 N–H and O–H groups in total. The van der Waals surface area contributed by atoms with Crippen molar-refractivity contribution < 1.29 is 92.1 Å². The Balaban J connectivity index is 0.000000192. The van der Waals surface area contributed by atoms with Gasteiger partial charge in [0, 0.05) is 50.0 Å². The number of thiazole rings is 2. The van der Waals surface area contributed by atoms with Crippen LogP contribution < -0.4 is 47.5 Å². The van der Waals surface area contributed by atoms with E-state index in [0.717, 1.165) is 31.5 Å². The summed E-state index contributed by atoms with van der Waals surface area (Å²) in [6.45, 7) is 8.43. The number of aromatic nitrogens is 6. The van der Waals surface area contributed by atoms with Gasteiger partial charge in [-0.25, -0.2) is 39.5 Å². The molecule has 0 atom stereocenters. The van der Waals surface area contributed by atoms with Crippen molar-refractivity contribution in [3.05, 3.63) is 231 Å². The van der Waals surface area contributed by atoms with E-state index in [1.165, 1.54) is 121 Å². The number of methoxy groups -OCH3 is 1. The molecule has 110 heavy (non-hydrogen) atoms. The Kier molecular flexibility index (Phi) is 31.3. The van der Waals surface area contributed by atoms with Crippen molar-refractivity contribution in [2.24, 2.45) is 5.73 Å². The number of carbonyl (C=O) groups is 4. The van der Waals surface area contributed by atoms with E-state index in [9.17, 15) is 58.7 Å². The van der Waals surface area contributed by atoms with E-state index < -0.39 is 42.8 Å². The normalized spacial score (nSPS) is 12.7. The Labute approximate surface area is 673 Å². The minimum absolute atomic E-state index is 0.00203. The lowest BCUT2D eigenvalue weighted by Crippen LogP contribution is -2.41. The number of ether oxygens (including phenoxy) is 4. The number of amides is 2. The van der Waals surface area contributed by atoms with Gasteiger partial charge in [0.1, 0.15) is 37.9 Å². The van der Waals surface area contributed by atoms with Crippen molar-refractivity contribution in [2.75, 3.05) is 18.6 Å². The minimum Gasteiger partial charge on any atom is -0.478 e. The van der Waals surface area contributed by atoms with Gasteiger partial charge in [-0.05, 0) is 188 Å². The zero-order valence-electron chi connectivity index (χ0n) is 57.0. The van der Waals surface area contributed by atoms with Crippen LogP contribution in [0.5, 0.6) is 17.2 Å². The molecule has 11 aromatic rings. The summed E-state index contributed by atoms with van der Waals surface area (Å²) in [4.78, 5) is 69.7. The van der Waals surface area contributed by atoms with Crippen LogP contribution in [0.15, 0.2) is 172 Å². The fourth-order valence-electron chi connectivity index (χ4n) is 8.85. The summed E-state index contributed by atoms with van der Waals surface area (Å²) in [5, 5.41) is 15.8. The highest BCUT2D eigenvalue weighted by Gasteiger charge is 2.52. The third-order valence-corrected chi connectivity index (χ3v) is 20.0. The molecule has 6 aromatic heterocycles. The van der Waals surface area contributed by atoms with Crippen molar-refractivity contribution in [3.8, 4) is 28.4 Å². The maximum atomic E-state index is 12.6. The molecule has 12 rings (SSSR count). The number of alkyl halides is 9. The van der Waals surface area contributed by atoms with E-state index in [1.54, 1.807) is 42.5 Å². The number of hydrogen-bond donors (Lipinski definition) is 6. The van der Waals surface area contributed by atoms with E-state index in [1.807, 2.05) is 24.3 Å². The molecule has 1 aliphatic rings. The maximum absolute atomic E-state index is 12.6. The lowest BCUT2D eigenvalue weighted by Gasteiger charge is -2.32. The number of carbonyl (C=O) groups excluding carboxylic acids is 3. The number of nitrogens with one attached hydrogen (secondary N) is 2. The summed E-state index contributed by atoms with van der Waals surface area (Å²) >= 11 is 35.3. The number of esters is 1. The number of aromatic carboxylic acids is 1. The summed E-state index contributed by atoms with van der Waals surface area (Å²) in [5.41, 5.74) is 22.5. The predicted octanol–water partition coefficient (Wildman–Crippen LogP) is 18.4. The highest BCUT2D eigenvalue weighted by Crippen LogP contribution is 2.38. The number of carboxylic acid groups (broad SMARTS) is 1. The topological polar surface area (TPSA) is 323 Å². The van der Waals surface area contributed by atoms with Gasteiger partial charge in [-0.2, -0.15) is 0 Å². The predicted molar refractivity (Wildman–Crippen MR) is 411 cm³/mol. The Morgan fingerprint density at radius 3 is 1.34 bits per heavy atom. The summed E-state index contributed by atoms with van der Waals surface area (Å²) in [6, 6.07) is 33.8. The first-order valence-corrected chi connectivity index (χ1v) is 36.4. The fraction of sp³-hybridized carbons (Fsp3) is 0.188. The first-order chi connectivity index (χ1) is 51.5. The average molecular weight is 1840 g/mol. The van der Waals surface area contributed by atoms with Crippen LogP contribution in [0, 0.1) is 0 Å². The van der Waals surface area contributed by atoms with Crippen molar-refractivity contribution in [3.63, 3.8) is 0 Å². The number of pyridine rings is 4. The SMILES string of the molecule is CC1(C)OB(c2ccc3nc(N)sc3c2)OC1(C)C.COC(=O)c1cnc(Cl)c(Br)c1.NCc1cccc(OC(F)(F)F)c1.Nc1nc2ccc(-c3cc(C(=O)NCc4cccc(OC(F)(F)F)c4)cnc3Cl)cc2s1.O=C(NCc1cccc(OC(F)(F)F)c1)c1cnc(Cl)c(Br)c1.O=C(O)c1cnc(Cl)c(Br)c1. The summed E-state index contributed by atoms with van der Waals surface area (Å²) < 4.78 is 140. The lowest BCUT2D eigenvalue weighted by molar-refractivity contribution is -0.275. The van der Waals surface area contributed by atoms with Gasteiger partial charge in [-0.3, -0.25) is 9.59 Å². The average Bonchev–Trinajstić information content (AvgIpc) is 1.61. The molecule has 0 aliphatic carbocycles. The smallest absolute Gasteiger partial charge is 0.478 e. The van der Waals surface area contributed by atoms with Gasteiger partial charge in [-0.15, -0.1) is 39.5 Å². The summed E-state index contributed by atoms with van der Waals surface area (Å²) in [5.74, 6) is -3.29. The van der Waals surface area contributed by atoms with E-state index in [2.05, 4.69) is 135 Å². The van der Waals surface area contributed by atoms with Gasteiger partial charge in [-0.1, -0.05) is 118 Å². The zero-order chi connectivity index (χ0) is 81.2. The van der Waals surface area contributed by atoms with Crippen LogP contribution in [0.25, 0.3) is 31.6 Å². The molecule has 0 spiro atoms. The maximum Gasteiger partial charge on any atom is 0.573 e. The molecule has 580 valence electrons. The van der Waals surface area contributed by atoms with Crippen molar-refractivity contribution in [1.82, 2.24) is 40.5 Å². The minimum atomic E-state index is -4.79. The molecule has 1 fully saturated rings. The quantitative estimate of drug-likeness (QED) is 0.0255. The lowest BCUT2D eigenvalue weighted by atomic mass is 9.79. The van der Waals surface area contributed by atoms with Gasteiger partial charge in [0.2, 0.25) is 0 Å². The van der Waals surface area contributed by atoms with Crippen LogP contribution in [0.4, 0.5) is 49.8 Å². The van der Waals surface area contributed by atoms with Crippen LogP contribution in [-0.2, 0) is 33.7 Å². The molecule has 7 heterocycles.